The van der Waals surface area contributed by atoms with E-state index >= 15 is 0 Å². The van der Waals surface area contributed by atoms with Crippen molar-refractivity contribution in [1.29, 1.82) is 0 Å². The molecule has 3 heteroatoms. The quantitative estimate of drug-likeness (QED) is 0.683. The van der Waals surface area contributed by atoms with Crippen molar-refractivity contribution in [3.63, 3.8) is 0 Å². The van der Waals surface area contributed by atoms with Crippen molar-refractivity contribution in [3.8, 4) is 5.75 Å². The second-order valence-electron chi connectivity index (χ2n) is 5.20. The van der Waals surface area contributed by atoms with Crippen molar-refractivity contribution in [1.82, 2.24) is 0 Å². The number of aromatic hydroxyl groups is 1. The van der Waals surface area contributed by atoms with E-state index < -0.39 is 0 Å². The first-order valence-corrected chi connectivity index (χ1v) is 7.27. The van der Waals surface area contributed by atoms with Gasteiger partial charge in [-0.1, -0.05) is 24.3 Å². The highest BCUT2D eigenvalue weighted by Crippen LogP contribution is 2.20. The summed E-state index contributed by atoms with van der Waals surface area (Å²) in [5.74, 6) is 0.0821. The summed E-state index contributed by atoms with van der Waals surface area (Å²) in [6.07, 6.45) is 8.70. The molecule has 2 aromatic rings. The van der Waals surface area contributed by atoms with Crippen molar-refractivity contribution >= 4 is 17.5 Å². The number of hydrogen-bond donors (Lipinski definition) is 1. The molecule has 1 N–H and O–H groups in total. The molecule has 0 aromatic heterocycles. The third kappa shape index (κ3) is 3.26. The normalized spacial score (nSPS) is 13.9. The van der Waals surface area contributed by atoms with Crippen LogP contribution in [-0.2, 0) is 0 Å². The fourth-order valence-corrected chi connectivity index (χ4v) is 2.38. The molecule has 1 heterocycles. The third-order valence-electron chi connectivity index (χ3n) is 3.63. The molecule has 0 fully saturated rings. The van der Waals surface area contributed by atoms with Gasteiger partial charge in [-0.3, -0.25) is 4.79 Å². The Labute approximate surface area is 129 Å². The molecule has 0 amide bonds. The standard InChI is InChI=1S/C19H17NO2/c21-18-10-6-16(7-11-18)19(22)12-5-15-3-8-17(9-4-15)20-13-1-2-14-20/h1,3-13,21H,2,14H2/b12-5+. The zero-order valence-corrected chi connectivity index (χ0v) is 12.1. The van der Waals surface area contributed by atoms with E-state index in [1.54, 1.807) is 24.3 Å². The molecule has 0 atom stereocenters. The van der Waals surface area contributed by atoms with Gasteiger partial charge in [-0.25, -0.2) is 0 Å². The Morgan fingerprint density at radius 2 is 1.77 bits per heavy atom. The number of ketones is 1. The van der Waals surface area contributed by atoms with E-state index in [1.807, 2.05) is 12.1 Å². The SMILES string of the molecule is O=C(/C=C/c1ccc(N2C=CCC2)cc1)c1ccc(O)cc1. The lowest BCUT2D eigenvalue weighted by Gasteiger charge is -2.15. The van der Waals surface area contributed by atoms with Crippen LogP contribution in [0.3, 0.4) is 0 Å². The van der Waals surface area contributed by atoms with Crippen molar-refractivity contribution in [2.75, 3.05) is 11.4 Å². The van der Waals surface area contributed by atoms with Gasteiger partial charge in [0.2, 0.25) is 0 Å². The van der Waals surface area contributed by atoms with Gasteiger partial charge in [0, 0.05) is 24.0 Å². The van der Waals surface area contributed by atoms with Gasteiger partial charge >= 0.3 is 0 Å². The van der Waals surface area contributed by atoms with Gasteiger partial charge in [0.1, 0.15) is 5.75 Å². The molecule has 1 aliphatic heterocycles. The van der Waals surface area contributed by atoms with Crippen LogP contribution in [0.25, 0.3) is 6.08 Å². The Balaban J connectivity index is 1.68. The molecule has 0 radical (unpaired) electrons. The number of phenolic OH excluding ortho intramolecular Hbond substituents is 1. The van der Waals surface area contributed by atoms with Crippen LogP contribution in [0.1, 0.15) is 22.3 Å². The van der Waals surface area contributed by atoms with Crippen molar-refractivity contribution in [3.05, 3.63) is 78.0 Å². The van der Waals surface area contributed by atoms with Crippen LogP contribution in [0.2, 0.25) is 0 Å². The summed E-state index contributed by atoms with van der Waals surface area (Å²) in [5, 5.41) is 9.22. The fourth-order valence-electron chi connectivity index (χ4n) is 2.38. The summed E-state index contributed by atoms with van der Waals surface area (Å²) in [5.41, 5.74) is 2.71. The van der Waals surface area contributed by atoms with Gasteiger partial charge in [-0.15, -0.1) is 0 Å². The van der Waals surface area contributed by atoms with E-state index in [4.69, 9.17) is 0 Å². The number of hydrogen-bond acceptors (Lipinski definition) is 3. The predicted octanol–water partition coefficient (Wildman–Crippen LogP) is 4.01. The van der Waals surface area contributed by atoms with Gasteiger partial charge in [0.25, 0.3) is 0 Å². The summed E-state index contributed by atoms with van der Waals surface area (Å²) < 4.78 is 0. The van der Waals surface area contributed by atoms with Crippen LogP contribution in [-0.4, -0.2) is 17.4 Å². The van der Waals surface area contributed by atoms with Crippen LogP contribution < -0.4 is 4.90 Å². The largest absolute Gasteiger partial charge is 0.508 e. The van der Waals surface area contributed by atoms with Crippen LogP contribution >= 0.6 is 0 Å². The highest BCUT2D eigenvalue weighted by atomic mass is 16.3. The predicted molar refractivity (Wildman–Crippen MR) is 89.0 cm³/mol. The van der Waals surface area contributed by atoms with Crippen LogP contribution in [0.4, 0.5) is 5.69 Å². The maximum atomic E-state index is 12.0. The van der Waals surface area contributed by atoms with Crippen LogP contribution in [0.15, 0.2) is 66.9 Å². The minimum Gasteiger partial charge on any atom is -0.508 e. The highest BCUT2D eigenvalue weighted by molar-refractivity contribution is 6.06. The molecule has 0 spiro atoms. The highest BCUT2D eigenvalue weighted by Gasteiger charge is 2.06. The second kappa shape index (κ2) is 6.31. The van der Waals surface area contributed by atoms with E-state index in [0.29, 0.717) is 5.56 Å². The number of rotatable bonds is 4. The molecule has 3 nitrogen and oxygen atoms in total. The lowest BCUT2D eigenvalue weighted by atomic mass is 10.1. The first kappa shape index (κ1) is 14.1. The molecule has 0 bridgehead atoms. The molecule has 110 valence electrons. The van der Waals surface area contributed by atoms with Crippen LogP contribution in [0, 0.1) is 0 Å². The molecule has 3 rings (SSSR count). The first-order valence-electron chi connectivity index (χ1n) is 7.27. The number of carbonyl (C=O) groups is 1. The van der Waals surface area contributed by atoms with Gasteiger partial charge in [-0.2, -0.15) is 0 Å². The lowest BCUT2D eigenvalue weighted by molar-refractivity contribution is 0.104. The molecular formula is C19H17NO2. The van der Waals surface area contributed by atoms with Gasteiger partial charge in [0.15, 0.2) is 5.78 Å². The Morgan fingerprint density at radius 3 is 2.41 bits per heavy atom. The lowest BCUT2D eigenvalue weighted by Crippen LogP contribution is -2.11. The molecule has 2 aromatic carbocycles. The molecule has 0 saturated carbocycles. The number of anilines is 1. The van der Waals surface area contributed by atoms with Crippen LogP contribution in [0.5, 0.6) is 5.75 Å². The van der Waals surface area contributed by atoms with E-state index in [-0.39, 0.29) is 11.5 Å². The van der Waals surface area contributed by atoms with E-state index in [0.717, 1.165) is 24.2 Å². The third-order valence-corrected chi connectivity index (χ3v) is 3.63. The minimum atomic E-state index is -0.0773. The molecule has 22 heavy (non-hydrogen) atoms. The number of carbonyl (C=O) groups excluding carboxylic acids is 1. The average Bonchev–Trinajstić information content (AvgIpc) is 3.08. The van der Waals surface area contributed by atoms with E-state index in [9.17, 15) is 9.90 Å². The number of phenols is 1. The van der Waals surface area contributed by atoms with E-state index in [2.05, 4.69) is 29.3 Å². The Morgan fingerprint density at radius 1 is 1.05 bits per heavy atom. The summed E-state index contributed by atoms with van der Waals surface area (Å²) in [6, 6.07) is 14.4. The summed E-state index contributed by atoms with van der Waals surface area (Å²) in [7, 11) is 0. The fraction of sp³-hybridized carbons (Fsp3) is 0.105. The molecular weight excluding hydrogens is 274 g/mol. The summed E-state index contributed by atoms with van der Waals surface area (Å²) in [4.78, 5) is 14.2. The van der Waals surface area contributed by atoms with Crippen molar-refractivity contribution in [2.24, 2.45) is 0 Å². The first-order chi connectivity index (χ1) is 10.7. The monoisotopic (exact) mass is 291 g/mol. The van der Waals surface area contributed by atoms with Gasteiger partial charge in [0.05, 0.1) is 0 Å². The van der Waals surface area contributed by atoms with E-state index in [1.165, 1.54) is 12.1 Å². The Kier molecular flexibility index (Phi) is 4.05. The average molecular weight is 291 g/mol. The molecule has 0 saturated heterocycles. The topological polar surface area (TPSA) is 40.5 Å². The van der Waals surface area contributed by atoms with Crippen molar-refractivity contribution < 1.29 is 9.90 Å². The van der Waals surface area contributed by atoms with Gasteiger partial charge in [-0.05, 0) is 54.5 Å². The zero-order chi connectivity index (χ0) is 15.4. The van der Waals surface area contributed by atoms with Crippen molar-refractivity contribution in [2.45, 2.75) is 6.42 Å². The zero-order valence-electron chi connectivity index (χ0n) is 12.1. The maximum absolute atomic E-state index is 12.0. The maximum Gasteiger partial charge on any atom is 0.185 e. The Bertz CT molecular complexity index is 712. The smallest absolute Gasteiger partial charge is 0.185 e. The number of benzene rings is 2. The summed E-state index contributed by atoms with van der Waals surface area (Å²) in [6.45, 7) is 1.02. The molecule has 0 unspecified atom stereocenters. The Hall–Kier alpha value is -2.81. The minimum absolute atomic E-state index is 0.0773. The summed E-state index contributed by atoms with van der Waals surface area (Å²) >= 11 is 0. The van der Waals surface area contributed by atoms with Gasteiger partial charge < -0.3 is 10.0 Å². The number of allylic oxidation sites excluding steroid dienone is 1. The molecule has 1 aliphatic rings. The molecule has 0 aliphatic carbocycles. The number of nitrogens with zero attached hydrogens (tertiary/aromatic N) is 1. The second-order valence-corrected chi connectivity index (χ2v) is 5.20.